The topological polar surface area (TPSA) is 38.3 Å². The average Bonchev–Trinajstić information content (AvgIpc) is 2.47. The average molecular weight is 395 g/mol. The standard InChI is InChI=1S/C17H18INO2/c1-13-7-8-15(16(18)11-13)17(20)19-9-10-21-12-14-5-3-2-4-6-14/h2-8,11H,9-10,12H2,1H3,(H,19,20). The third kappa shape index (κ3) is 5.13. The van der Waals surface area contributed by atoms with E-state index in [0.29, 0.717) is 25.3 Å². The van der Waals surface area contributed by atoms with Gasteiger partial charge in [-0.3, -0.25) is 4.79 Å². The van der Waals surface area contributed by atoms with Gasteiger partial charge in [0.1, 0.15) is 0 Å². The molecule has 21 heavy (non-hydrogen) atoms. The van der Waals surface area contributed by atoms with Crippen molar-refractivity contribution in [1.29, 1.82) is 0 Å². The van der Waals surface area contributed by atoms with E-state index in [4.69, 9.17) is 4.74 Å². The fraction of sp³-hybridized carbons (Fsp3) is 0.235. The van der Waals surface area contributed by atoms with Gasteiger partial charge in [0.05, 0.1) is 18.8 Å². The molecule has 2 aromatic rings. The summed E-state index contributed by atoms with van der Waals surface area (Å²) >= 11 is 2.19. The lowest BCUT2D eigenvalue weighted by molar-refractivity contribution is 0.0900. The Morgan fingerprint density at radius 3 is 2.67 bits per heavy atom. The van der Waals surface area contributed by atoms with E-state index in [0.717, 1.165) is 14.7 Å². The summed E-state index contributed by atoms with van der Waals surface area (Å²) < 4.78 is 6.51. The molecule has 1 amide bonds. The Bertz CT molecular complexity index is 599. The largest absolute Gasteiger partial charge is 0.375 e. The number of rotatable bonds is 6. The van der Waals surface area contributed by atoms with Crippen molar-refractivity contribution in [2.45, 2.75) is 13.5 Å². The molecule has 110 valence electrons. The van der Waals surface area contributed by atoms with E-state index in [1.165, 1.54) is 0 Å². The van der Waals surface area contributed by atoms with Crippen LogP contribution in [0.5, 0.6) is 0 Å². The van der Waals surface area contributed by atoms with E-state index < -0.39 is 0 Å². The Balaban J connectivity index is 1.72. The number of nitrogens with one attached hydrogen (secondary N) is 1. The van der Waals surface area contributed by atoms with Crippen molar-refractivity contribution in [2.75, 3.05) is 13.2 Å². The molecule has 0 unspecified atom stereocenters. The van der Waals surface area contributed by atoms with Gasteiger partial charge < -0.3 is 10.1 Å². The molecule has 3 nitrogen and oxygen atoms in total. The van der Waals surface area contributed by atoms with Crippen molar-refractivity contribution in [2.24, 2.45) is 0 Å². The number of hydrogen-bond acceptors (Lipinski definition) is 2. The van der Waals surface area contributed by atoms with Crippen molar-refractivity contribution in [3.63, 3.8) is 0 Å². The Morgan fingerprint density at radius 1 is 1.19 bits per heavy atom. The first-order chi connectivity index (χ1) is 10.2. The summed E-state index contributed by atoms with van der Waals surface area (Å²) in [7, 11) is 0. The first kappa shape index (κ1) is 16.0. The highest BCUT2D eigenvalue weighted by atomic mass is 127. The predicted molar refractivity (Wildman–Crippen MR) is 92.3 cm³/mol. The first-order valence-corrected chi connectivity index (χ1v) is 7.91. The van der Waals surface area contributed by atoms with E-state index in [1.807, 2.05) is 55.5 Å². The van der Waals surface area contributed by atoms with Crippen LogP contribution in [0.4, 0.5) is 0 Å². The minimum absolute atomic E-state index is 0.0530. The van der Waals surface area contributed by atoms with Crippen molar-refractivity contribution in [1.82, 2.24) is 5.32 Å². The zero-order valence-corrected chi connectivity index (χ0v) is 14.1. The second-order valence-corrected chi connectivity index (χ2v) is 5.94. The molecule has 0 bridgehead atoms. The van der Waals surface area contributed by atoms with Crippen LogP contribution in [-0.2, 0) is 11.3 Å². The zero-order chi connectivity index (χ0) is 15.1. The van der Waals surface area contributed by atoms with Crippen LogP contribution in [0.2, 0.25) is 0 Å². The monoisotopic (exact) mass is 395 g/mol. The van der Waals surface area contributed by atoms with Crippen molar-refractivity contribution >= 4 is 28.5 Å². The molecule has 0 heterocycles. The molecule has 0 spiro atoms. The van der Waals surface area contributed by atoms with Crippen molar-refractivity contribution < 1.29 is 9.53 Å². The quantitative estimate of drug-likeness (QED) is 0.600. The summed E-state index contributed by atoms with van der Waals surface area (Å²) in [5.41, 5.74) is 3.00. The maximum absolute atomic E-state index is 12.0. The van der Waals surface area contributed by atoms with Crippen LogP contribution in [0.1, 0.15) is 21.5 Å². The lowest BCUT2D eigenvalue weighted by Gasteiger charge is -2.08. The van der Waals surface area contributed by atoms with Gasteiger partial charge >= 0.3 is 0 Å². The van der Waals surface area contributed by atoms with Gasteiger partial charge in [0, 0.05) is 10.1 Å². The van der Waals surface area contributed by atoms with Gasteiger partial charge in [0.25, 0.3) is 5.91 Å². The summed E-state index contributed by atoms with van der Waals surface area (Å²) in [6, 6.07) is 15.8. The highest BCUT2D eigenvalue weighted by Gasteiger charge is 2.08. The molecule has 4 heteroatoms. The molecule has 0 aliphatic rings. The molecule has 1 N–H and O–H groups in total. The summed E-state index contributed by atoms with van der Waals surface area (Å²) in [6.45, 7) is 3.60. The van der Waals surface area contributed by atoms with E-state index in [1.54, 1.807) is 0 Å². The van der Waals surface area contributed by atoms with Crippen molar-refractivity contribution in [3.8, 4) is 0 Å². The minimum atomic E-state index is -0.0530. The lowest BCUT2D eigenvalue weighted by Crippen LogP contribution is -2.27. The molecule has 2 aromatic carbocycles. The summed E-state index contributed by atoms with van der Waals surface area (Å²) in [5, 5.41) is 2.88. The first-order valence-electron chi connectivity index (χ1n) is 6.83. The number of ether oxygens (including phenoxy) is 1. The van der Waals surface area contributed by atoms with E-state index >= 15 is 0 Å². The number of amides is 1. The number of carbonyl (C=O) groups excluding carboxylic acids is 1. The molecule has 0 radical (unpaired) electrons. The molecular formula is C17H18INO2. The van der Waals surface area contributed by atoms with Gasteiger partial charge in [-0.2, -0.15) is 0 Å². The maximum atomic E-state index is 12.0. The fourth-order valence-electron chi connectivity index (χ4n) is 1.90. The van der Waals surface area contributed by atoms with Gasteiger partial charge in [-0.15, -0.1) is 0 Å². The molecule has 2 rings (SSSR count). The third-order valence-corrected chi connectivity index (χ3v) is 3.91. The molecule has 0 saturated carbocycles. The minimum Gasteiger partial charge on any atom is -0.375 e. The van der Waals surface area contributed by atoms with Gasteiger partial charge in [0.2, 0.25) is 0 Å². The summed E-state index contributed by atoms with van der Waals surface area (Å²) in [6.07, 6.45) is 0. The van der Waals surface area contributed by atoms with Crippen molar-refractivity contribution in [3.05, 3.63) is 68.8 Å². The number of halogens is 1. The van der Waals surface area contributed by atoms with E-state index in [9.17, 15) is 4.79 Å². The summed E-state index contributed by atoms with van der Waals surface area (Å²) in [5.74, 6) is -0.0530. The summed E-state index contributed by atoms with van der Waals surface area (Å²) in [4.78, 5) is 12.0. The smallest absolute Gasteiger partial charge is 0.252 e. The van der Waals surface area contributed by atoms with Crippen LogP contribution in [0, 0.1) is 10.5 Å². The van der Waals surface area contributed by atoms with Gasteiger partial charge in [-0.25, -0.2) is 0 Å². The van der Waals surface area contributed by atoms with Gasteiger partial charge in [0.15, 0.2) is 0 Å². The molecule has 0 fully saturated rings. The van der Waals surface area contributed by atoms with Crippen LogP contribution in [0.15, 0.2) is 48.5 Å². The van der Waals surface area contributed by atoms with Gasteiger partial charge in [-0.05, 0) is 47.2 Å². The van der Waals surface area contributed by atoms with E-state index in [-0.39, 0.29) is 5.91 Å². The molecular weight excluding hydrogens is 377 g/mol. The Morgan fingerprint density at radius 2 is 1.95 bits per heavy atom. The Labute approximate surface area is 138 Å². The van der Waals surface area contributed by atoms with Crippen LogP contribution in [-0.4, -0.2) is 19.1 Å². The van der Waals surface area contributed by atoms with Gasteiger partial charge in [-0.1, -0.05) is 42.0 Å². The van der Waals surface area contributed by atoms with Crippen LogP contribution >= 0.6 is 22.6 Å². The fourth-order valence-corrected chi connectivity index (χ4v) is 2.82. The molecule has 0 aliphatic carbocycles. The normalized spacial score (nSPS) is 10.4. The second kappa shape index (κ2) is 8.14. The van der Waals surface area contributed by atoms with Crippen LogP contribution in [0.25, 0.3) is 0 Å². The Hall–Kier alpha value is -1.40. The highest BCUT2D eigenvalue weighted by Crippen LogP contribution is 2.13. The Kier molecular flexibility index (Phi) is 6.20. The SMILES string of the molecule is Cc1ccc(C(=O)NCCOCc2ccccc2)c(I)c1. The lowest BCUT2D eigenvalue weighted by atomic mass is 10.1. The van der Waals surface area contributed by atoms with Crippen LogP contribution in [0.3, 0.4) is 0 Å². The number of aryl methyl sites for hydroxylation is 1. The number of carbonyl (C=O) groups is 1. The second-order valence-electron chi connectivity index (χ2n) is 4.78. The van der Waals surface area contributed by atoms with E-state index in [2.05, 4.69) is 27.9 Å². The third-order valence-electron chi connectivity index (χ3n) is 3.01. The zero-order valence-electron chi connectivity index (χ0n) is 11.9. The number of hydrogen-bond donors (Lipinski definition) is 1. The number of benzene rings is 2. The highest BCUT2D eigenvalue weighted by molar-refractivity contribution is 14.1. The molecule has 0 saturated heterocycles. The van der Waals surface area contributed by atoms with Crippen LogP contribution < -0.4 is 5.32 Å². The predicted octanol–water partition coefficient (Wildman–Crippen LogP) is 3.55. The maximum Gasteiger partial charge on any atom is 0.252 e. The molecule has 0 atom stereocenters. The molecule has 0 aromatic heterocycles. The molecule has 0 aliphatic heterocycles.